The SMILES string of the molecule is CC[C@@H](Oc1ccc(C)cc1C)C(=O)N[C@@H]1CC(C)(C)Oc2ccc(OC)cc21. The van der Waals surface area contributed by atoms with Crippen LogP contribution < -0.4 is 19.5 Å². The molecule has 0 saturated heterocycles. The van der Waals surface area contributed by atoms with Gasteiger partial charge in [0, 0.05) is 12.0 Å². The molecule has 5 nitrogen and oxygen atoms in total. The molecule has 5 heteroatoms. The maximum Gasteiger partial charge on any atom is 0.261 e. The van der Waals surface area contributed by atoms with E-state index in [1.807, 2.05) is 65.0 Å². The third kappa shape index (κ3) is 4.84. The average molecular weight is 398 g/mol. The van der Waals surface area contributed by atoms with Crippen LogP contribution in [-0.2, 0) is 4.79 Å². The van der Waals surface area contributed by atoms with Gasteiger partial charge in [-0.25, -0.2) is 0 Å². The average Bonchev–Trinajstić information content (AvgIpc) is 2.66. The molecular weight excluding hydrogens is 366 g/mol. The molecular formula is C24H31NO4. The maximum absolute atomic E-state index is 13.1. The summed E-state index contributed by atoms with van der Waals surface area (Å²) in [6, 6.07) is 11.5. The summed E-state index contributed by atoms with van der Waals surface area (Å²) in [5, 5.41) is 3.18. The number of hydrogen-bond donors (Lipinski definition) is 1. The van der Waals surface area contributed by atoms with Crippen LogP contribution in [0.5, 0.6) is 17.2 Å². The fourth-order valence-electron chi connectivity index (χ4n) is 3.76. The standard InChI is InChI=1S/C24H31NO4/c1-7-20(28-21-10-8-15(2)12-16(21)3)23(26)25-19-14-24(4,5)29-22-11-9-17(27-6)13-18(19)22/h8-13,19-20H,7,14H2,1-6H3,(H,25,26)/t19-,20-/m1/s1. The Morgan fingerprint density at radius 2 is 2.00 bits per heavy atom. The van der Waals surface area contributed by atoms with E-state index in [1.54, 1.807) is 7.11 Å². The van der Waals surface area contributed by atoms with Crippen LogP contribution in [0.2, 0.25) is 0 Å². The van der Waals surface area contributed by atoms with Gasteiger partial charge in [-0.1, -0.05) is 24.6 Å². The molecule has 2 aromatic rings. The van der Waals surface area contributed by atoms with Gasteiger partial charge in [0.2, 0.25) is 0 Å². The predicted octanol–water partition coefficient (Wildman–Crippen LogP) is 4.89. The minimum atomic E-state index is -0.559. The van der Waals surface area contributed by atoms with E-state index in [2.05, 4.69) is 11.4 Å². The van der Waals surface area contributed by atoms with Crippen molar-refractivity contribution < 1.29 is 19.0 Å². The van der Waals surface area contributed by atoms with Crippen LogP contribution in [0, 0.1) is 13.8 Å². The number of hydrogen-bond acceptors (Lipinski definition) is 4. The predicted molar refractivity (Wildman–Crippen MR) is 114 cm³/mol. The minimum absolute atomic E-state index is 0.121. The first-order chi connectivity index (χ1) is 13.7. The highest BCUT2D eigenvalue weighted by Crippen LogP contribution is 2.41. The van der Waals surface area contributed by atoms with Crippen LogP contribution in [-0.4, -0.2) is 24.7 Å². The number of methoxy groups -OCH3 is 1. The molecule has 0 aromatic heterocycles. The lowest BCUT2D eigenvalue weighted by Gasteiger charge is -2.38. The van der Waals surface area contributed by atoms with Crippen molar-refractivity contribution in [3.05, 3.63) is 53.1 Å². The summed E-state index contributed by atoms with van der Waals surface area (Å²) < 4.78 is 17.5. The third-order valence-corrected chi connectivity index (χ3v) is 5.25. The molecule has 2 atom stereocenters. The van der Waals surface area contributed by atoms with E-state index in [-0.39, 0.29) is 17.6 Å². The lowest BCUT2D eigenvalue weighted by molar-refractivity contribution is -0.129. The molecule has 0 radical (unpaired) electrons. The Kier molecular flexibility index (Phi) is 6.06. The van der Waals surface area contributed by atoms with Crippen molar-refractivity contribution in [3.8, 4) is 17.2 Å². The molecule has 1 amide bonds. The van der Waals surface area contributed by atoms with Gasteiger partial charge in [0.05, 0.1) is 13.2 Å². The zero-order valence-electron chi connectivity index (χ0n) is 18.2. The van der Waals surface area contributed by atoms with Gasteiger partial charge in [0.1, 0.15) is 22.8 Å². The number of amides is 1. The van der Waals surface area contributed by atoms with Gasteiger partial charge in [-0.2, -0.15) is 0 Å². The number of carbonyl (C=O) groups excluding carboxylic acids is 1. The van der Waals surface area contributed by atoms with Crippen molar-refractivity contribution in [2.24, 2.45) is 0 Å². The quantitative estimate of drug-likeness (QED) is 0.754. The molecule has 1 N–H and O–H groups in total. The van der Waals surface area contributed by atoms with Gasteiger partial charge < -0.3 is 19.5 Å². The first kappa shape index (κ1) is 21.0. The van der Waals surface area contributed by atoms with Crippen LogP contribution in [0.4, 0.5) is 0 Å². The smallest absolute Gasteiger partial charge is 0.261 e. The second kappa shape index (κ2) is 8.36. The van der Waals surface area contributed by atoms with Gasteiger partial charge in [-0.15, -0.1) is 0 Å². The molecule has 0 fully saturated rings. The largest absolute Gasteiger partial charge is 0.497 e. The van der Waals surface area contributed by atoms with E-state index in [0.29, 0.717) is 12.8 Å². The van der Waals surface area contributed by atoms with Crippen LogP contribution in [0.1, 0.15) is 56.3 Å². The number of aryl methyl sites for hydroxylation is 2. The summed E-state index contributed by atoms with van der Waals surface area (Å²) in [6.07, 6.45) is 0.687. The normalized spacial score (nSPS) is 18.2. The lowest BCUT2D eigenvalue weighted by Crippen LogP contribution is -2.45. The van der Waals surface area contributed by atoms with E-state index in [4.69, 9.17) is 14.2 Å². The zero-order chi connectivity index (χ0) is 21.2. The fraction of sp³-hybridized carbons (Fsp3) is 0.458. The molecule has 0 unspecified atom stereocenters. The maximum atomic E-state index is 13.1. The molecule has 1 heterocycles. The second-order valence-corrected chi connectivity index (χ2v) is 8.31. The lowest BCUT2D eigenvalue weighted by atomic mass is 9.89. The van der Waals surface area contributed by atoms with Crippen molar-refractivity contribution in [3.63, 3.8) is 0 Å². The highest BCUT2D eigenvalue weighted by atomic mass is 16.5. The van der Waals surface area contributed by atoms with Crippen LogP contribution >= 0.6 is 0 Å². The summed E-state index contributed by atoms with van der Waals surface area (Å²) in [7, 11) is 1.63. The number of carbonyl (C=O) groups is 1. The molecule has 2 aromatic carbocycles. The van der Waals surface area contributed by atoms with E-state index in [1.165, 1.54) is 5.56 Å². The summed E-state index contributed by atoms with van der Waals surface area (Å²) in [5.41, 5.74) is 2.75. The summed E-state index contributed by atoms with van der Waals surface area (Å²) in [5.74, 6) is 2.14. The zero-order valence-corrected chi connectivity index (χ0v) is 18.2. The highest BCUT2D eigenvalue weighted by Gasteiger charge is 2.36. The van der Waals surface area contributed by atoms with Gasteiger partial charge in [-0.05, 0) is 63.9 Å². The van der Waals surface area contributed by atoms with Gasteiger partial charge in [-0.3, -0.25) is 4.79 Å². The Hall–Kier alpha value is -2.69. The Balaban J connectivity index is 1.81. The number of rotatable bonds is 6. The number of nitrogens with one attached hydrogen (secondary N) is 1. The molecule has 1 aliphatic rings. The van der Waals surface area contributed by atoms with Gasteiger partial charge in [0.15, 0.2) is 6.10 Å². The first-order valence-electron chi connectivity index (χ1n) is 10.1. The second-order valence-electron chi connectivity index (χ2n) is 8.31. The van der Waals surface area contributed by atoms with Crippen molar-refractivity contribution in [2.75, 3.05) is 7.11 Å². The summed E-state index contributed by atoms with van der Waals surface area (Å²) in [4.78, 5) is 13.1. The third-order valence-electron chi connectivity index (χ3n) is 5.25. The van der Waals surface area contributed by atoms with Crippen molar-refractivity contribution >= 4 is 5.91 Å². The van der Waals surface area contributed by atoms with Crippen molar-refractivity contribution in [1.82, 2.24) is 5.32 Å². The fourth-order valence-corrected chi connectivity index (χ4v) is 3.76. The first-order valence-corrected chi connectivity index (χ1v) is 10.1. The Morgan fingerprint density at radius 3 is 2.66 bits per heavy atom. The summed E-state index contributed by atoms with van der Waals surface area (Å²) >= 11 is 0. The topological polar surface area (TPSA) is 56.8 Å². The molecule has 3 rings (SSSR count). The van der Waals surface area contributed by atoms with E-state index < -0.39 is 6.10 Å². The molecule has 0 saturated carbocycles. The Morgan fingerprint density at radius 1 is 1.24 bits per heavy atom. The van der Waals surface area contributed by atoms with Crippen molar-refractivity contribution in [2.45, 2.75) is 65.2 Å². The number of benzene rings is 2. The molecule has 1 aliphatic heterocycles. The molecule has 0 aliphatic carbocycles. The van der Waals surface area contributed by atoms with Crippen molar-refractivity contribution in [1.29, 1.82) is 0 Å². The van der Waals surface area contributed by atoms with E-state index in [9.17, 15) is 4.79 Å². The monoisotopic (exact) mass is 397 g/mol. The van der Waals surface area contributed by atoms with Gasteiger partial charge in [0.25, 0.3) is 5.91 Å². The van der Waals surface area contributed by atoms with E-state index >= 15 is 0 Å². The number of ether oxygens (including phenoxy) is 3. The Bertz CT molecular complexity index is 890. The van der Waals surface area contributed by atoms with Crippen LogP contribution in [0.15, 0.2) is 36.4 Å². The van der Waals surface area contributed by atoms with E-state index in [0.717, 1.165) is 28.4 Å². The minimum Gasteiger partial charge on any atom is -0.497 e. The molecule has 0 bridgehead atoms. The highest BCUT2D eigenvalue weighted by molar-refractivity contribution is 5.81. The number of fused-ring (bicyclic) bond motifs is 1. The molecule has 29 heavy (non-hydrogen) atoms. The molecule has 0 spiro atoms. The van der Waals surface area contributed by atoms with Gasteiger partial charge >= 0.3 is 0 Å². The van der Waals surface area contributed by atoms with Crippen LogP contribution in [0.3, 0.4) is 0 Å². The van der Waals surface area contributed by atoms with Crippen LogP contribution in [0.25, 0.3) is 0 Å². The molecule has 156 valence electrons. The summed E-state index contributed by atoms with van der Waals surface area (Å²) in [6.45, 7) is 10.1. The Labute approximate surface area is 173 Å².